The SMILES string of the molecule is CC(C)CNS(=O)(=O)N1CCC(C(C)O)CC1. The van der Waals surface area contributed by atoms with Gasteiger partial charge in [0.15, 0.2) is 0 Å². The molecule has 0 aromatic carbocycles. The van der Waals surface area contributed by atoms with Crippen LogP contribution in [-0.2, 0) is 10.2 Å². The number of hydrogen-bond acceptors (Lipinski definition) is 3. The summed E-state index contributed by atoms with van der Waals surface area (Å²) in [5.74, 6) is 0.534. The van der Waals surface area contributed by atoms with E-state index in [1.54, 1.807) is 6.92 Å². The van der Waals surface area contributed by atoms with Gasteiger partial charge in [0.2, 0.25) is 0 Å². The summed E-state index contributed by atoms with van der Waals surface area (Å²) in [4.78, 5) is 0. The van der Waals surface area contributed by atoms with E-state index >= 15 is 0 Å². The first-order chi connectivity index (χ1) is 7.83. The van der Waals surface area contributed by atoms with Gasteiger partial charge in [0.05, 0.1) is 6.10 Å². The zero-order chi connectivity index (χ0) is 13.1. The van der Waals surface area contributed by atoms with Gasteiger partial charge in [-0.05, 0) is 31.6 Å². The maximum Gasteiger partial charge on any atom is 0.279 e. The average molecular weight is 264 g/mol. The molecule has 0 aliphatic carbocycles. The summed E-state index contributed by atoms with van der Waals surface area (Å²) in [6.07, 6.45) is 1.13. The summed E-state index contributed by atoms with van der Waals surface area (Å²) < 4.78 is 27.9. The van der Waals surface area contributed by atoms with Gasteiger partial charge in [-0.2, -0.15) is 12.7 Å². The molecule has 0 aromatic heterocycles. The Morgan fingerprint density at radius 2 is 1.82 bits per heavy atom. The molecule has 102 valence electrons. The van der Waals surface area contributed by atoms with Crippen LogP contribution >= 0.6 is 0 Å². The zero-order valence-corrected chi connectivity index (χ0v) is 11.7. The lowest BCUT2D eigenvalue weighted by atomic mass is 9.93. The molecule has 1 aliphatic rings. The van der Waals surface area contributed by atoms with E-state index in [1.165, 1.54) is 4.31 Å². The zero-order valence-electron chi connectivity index (χ0n) is 10.9. The number of nitrogens with one attached hydrogen (secondary N) is 1. The molecule has 1 rings (SSSR count). The monoisotopic (exact) mass is 264 g/mol. The predicted octanol–water partition coefficient (Wildman–Crippen LogP) is 0.570. The summed E-state index contributed by atoms with van der Waals surface area (Å²) in [5, 5.41) is 9.46. The Labute approximate surface area is 104 Å². The molecular formula is C11H24N2O3S. The van der Waals surface area contributed by atoms with Gasteiger partial charge in [-0.3, -0.25) is 0 Å². The summed E-state index contributed by atoms with van der Waals surface area (Å²) in [7, 11) is -3.33. The minimum Gasteiger partial charge on any atom is -0.393 e. The number of aliphatic hydroxyl groups excluding tert-OH is 1. The minimum absolute atomic E-state index is 0.228. The van der Waals surface area contributed by atoms with Crippen LogP contribution in [0.2, 0.25) is 0 Å². The van der Waals surface area contributed by atoms with Crippen LogP contribution in [0.1, 0.15) is 33.6 Å². The fourth-order valence-electron chi connectivity index (χ4n) is 1.96. The van der Waals surface area contributed by atoms with Gasteiger partial charge in [-0.1, -0.05) is 13.8 Å². The molecular weight excluding hydrogens is 240 g/mol. The second kappa shape index (κ2) is 6.13. The van der Waals surface area contributed by atoms with E-state index < -0.39 is 10.2 Å². The van der Waals surface area contributed by atoms with E-state index in [0.717, 1.165) is 12.8 Å². The maximum absolute atomic E-state index is 11.9. The van der Waals surface area contributed by atoms with E-state index in [9.17, 15) is 13.5 Å². The van der Waals surface area contributed by atoms with Crippen molar-refractivity contribution in [3.63, 3.8) is 0 Å². The van der Waals surface area contributed by atoms with E-state index in [1.807, 2.05) is 13.8 Å². The first-order valence-electron chi connectivity index (χ1n) is 6.25. The number of rotatable bonds is 5. The lowest BCUT2D eigenvalue weighted by Crippen LogP contribution is -2.46. The second-order valence-electron chi connectivity index (χ2n) is 5.22. The number of nitrogens with zero attached hydrogens (tertiary/aromatic N) is 1. The summed E-state index contributed by atoms with van der Waals surface area (Å²) >= 11 is 0. The van der Waals surface area contributed by atoms with Crippen LogP contribution < -0.4 is 4.72 Å². The highest BCUT2D eigenvalue weighted by Gasteiger charge is 2.29. The summed E-state index contributed by atoms with van der Waals surface area (Å²) in [5.41, 5.74) is 0. The quantitative estimate of drug-likeness (QED) is 0.763. The van der Waals surface area contributed by atoms with Crippen LogP contribution in [0.4, 0.5) is 0 Å². The lowest BCUT2D eigenvalue weighted by molar-refractivity contribution is 0.0909. The molecule has 0 saturated carbocycles. The molecule has 1 heterocycles. The molecule has 1 atom stereocenters. The molecule has 17 heavy (non-hydrogen) atoms. The van der Waals surface area contributed by atoms with Crippen LogP contribution in [0, 0.1) is 11.8 Å². The van der Waals surface area contributed by atoms with Gasteiger partial charge in [0.1, 0.15) is 0 Å². The van der Waals surface area contributed by atoms with Crippen LogP contribution in [0.5, 0.6) is 0 Å². The van der Waals surface area contributed by atoms with Crippen molar-refractivity contribution in [1.82, 2.24) is 9.03 Å². The van der Waals surface area contributed by atoms with Crippen molar-refractivity contribution < 1.29 is 13.5 Å². The first kappa shape index (κ1) is 14.9. The highest BCUT2D eigenvalue weighted by atomic mass is 32.2. The second-order valence-corrected chi connectivity index (χ2v) is 6.98. The van der Waals surface area contributed by atoms with Gasteiger partial charge in [0, 0.05) is 19.6 Å². The Morgan fingerprint density at radius 3 is 2.24 bits per heavy atom. The Balaban J connectivity index is 2.47. The smallest absolute Gasteiger partial charge is 0.279 e. The van der Waals surface area contributed by atoms with Gasteiger partial charge < -0.3 is 5.11 Å². The topological polar surface area (TPSA) is 69.6 Å². The third kappa shape index (κ3) is 4.54. The third-order valence-electron chi connectivity index (χ3n) is 3.19. The molecule has 1 aliphatic heterocycles. The van der Waals surface area contributed by atoms with Crippen molar-refractivity contribution in [3.8, 4) is 0 Å². The van der Waals surface area contributed by atoms with Gasteiger partial charge >= 0.3 is 0 Å². The van der Waals surface area contributed by atoms with Crippen LogP contribution in [0.25, 0.3) is 0 Å². The molecule has 1 fully saturated rings. The molecule has 5 nitrogen and oxygen atoms in total. The lowest BCUT2D eigenvalue weighted by Gasteiger charge is -2.32. The Hall–Kier alpha value is -0.170. The molecule has 6 heteroatoms. The van der Waals surface area contributed by atoms with Crippen LogP contribution in [0.3, 0.4) is 0 Å². The van der Waals surface area contributed by atoms with Crippen molar-refractivity contribution in [3.05, 3.63) is 0 Å². The fourth-order valence-corrected chi connectivity index (χ4v) is 3.38. The van der Waals surface area contributed by atoms with Gasteiger partial charge in [0.25, 0.3) is 10.2 Å². The predicted molar refractivity (Wildman–Crippen MR) is 67.7 cm³/mol. The molecule has 0 radical (unpaired) electrons. The molecule has 2 N–H and O–H groups in total. The molecule has 0 aromatic rings. The molecule has 1 saturated heterocycles. The Morgan fingerprint density at radius 1 is 1.29 bits per heavy atom. The Bertz CT molecular complexity index is 320. The Kier molecular flexibility index (Phi) is 5.37. The van der Waals surface area contributed by atoms with E-state index in [4.69, 9.17) is 0 Å². The van der Waals surface area contributed by atoms with Crippen molar-refractivity contribution in [2.24, 2.45) is 11.8 Å². The van der Waals surface area contributed by atoms with E-state index in [0.29, 0.717) is 25.6 Å². The highest BCUT2D eigenvalue weighted by Crippen LogP contribution is 2.21. The average Bonchev–Trinajstić information content (AvgIpc) is 2.27. The molecule has 1 unspecified atom stereocenters. The van der Waals surface area contributed by atoms with E-state index in [2.05, 4.69) is 4.72 Å². The van der Waals surface area contributed by atoms with Crippen molar-refractivity contribution >= 4 is 10.2 Å². The number of piperidine rings is 1. The van der Waals surface area contributed by atoms with Gasteiger partial charge in [-0.25, -0.2) is 4.72 Å². The highest BCUT2D eigenvalue weighted by molar-refractivity contribution is 7.87. The summed E-state index contributed by atoms with van der Waals surface area (Å²) in [6, 6.07) is 0. The number of hydrogen-bond donors (Lipinski definition) is 2. The van der Waals surface area contributed by atoms with Crippen molar-refractivity contribution in [2.45, 2.75) is 39.7 Å². The van der Waals surface area contributed by atoms with Crippen LogP contribution in [0.15, 0.2) is 0 Å². The van der Waals surface area contributed by atoms with Crippen LogP contribution in [-0.4, -0.2) is 43.6 Å². The standard InChI is InChI=1S/C11H24N2O3S/c1-9(2)8-12-17(15,16)13-6-4-11(5-7-13)10(3)14/h9-12,14H,4-8H2,1-3H3. The fraction of sp³-hybridized carbons (Fsp3) is 1.00. The van der Waals surface area contributed by atoms with E-state index in [-0.39, 0.29) is 12.0 Å². The molecule has 0 bridgehead atoms. The summed E-state index contributed by atoms with van der Waals surface area (Å²) in [6.45, 7) is 7.20. The first-order valence-corrected chi connectivity index (χ1v) is 7.69. The molecule has 0 amide bonds. The molecule has 0 spiro atoms. The van der Waals surface area contributed by atoms with Crippen molar-refractivity contribution in [1.29, 1.82) is 0 Å². The third-order valence-corrected chi connectivity index (χ3v) is 4.77. The van der Waals surface area contributed by atoms with Crippen molar-refractivity contribution in [2.75, 3.05) is 19.6 Å². The van der Waals surface area contributed by atoms with Gasteiger partial charge in [-0.15, -0.1) is 0 Å². The number of aliphatic hydroxyl groups is 1. The minimum atomic E-state index is -3.33. The maximum atomic E-state index is 11.9. The normalized spacial score (nSPS) is 21.9. The largest absolute Gasteiger partial charge is 0.393 e.